The predicted molar refractivity (Wildman–Crippen MR) is 90.7 cm³/mol. The fraction of sp³-hybridized carbons (Fsp3) is 0.235. The van der Waals surface area contributed by atoms with Crippen LogP contribution in [0.3, 0.4) is 0 Å². The molecule has 21 heavy (non-hydrogen) atoms. The lowest BCUT2D eigenvalue weighted by molar-refractivity contribution is 0.816. The lowest BCUT2D eigenvalue weighted by atomic mass is 10.1. The maximum Gasteiger partial charge on any atom is 0.186 e. The quantitative estimate of drug-likeness (QED) is 0.779. The van der Waals surface area contributed by atoms with Gasteiger partial charge in [-0.25, -0.2) is 4.98 Å². The largest absolute Gasteiger partial charge is 0.344 e. The number of thiazole rings is 1. The van der Waals surface area contributed by atoms with Gasteiger partial charge < -0.3 is 10.6 Å². The minimum Gasteiger partial charge on any atom is -0.344 e. The van der Waals surface area contributed by atoms with Crippen molar-refractivity contribution in [1.29, 1.82) is 0 Å². The van der Waals surface area contributed by atoms with Gasteiger partial charge in [-0.15, -0.1) is 0 Å². The normalized spacial score (nSPS) is 11.0. The number of nitrogens with two attached hydrogens (primary N) is 1. The number of hydrogen-bond acceptors (Lipinski definition) is 4. The van der Waals surface area contributed by atoms with Crippen LogP contribution in [0.15, 0.2) is 48.5 Å². The minimum absolute atomic E-state index is 0.577. The van der Waals surface area contributed by atoms with Gasteiger partial charge >= 0.3 is 0 Å². The first kappa shape index (κ1) is 14.0. The predicted octanol–water partition coefficient (Wildman–Crippen LogP) is 3.78. The number of rotatable bonds is 5. The molecule has 0 radical (unpaired) electrons. The molecule has 0 spiro atoms. The summed E-state index contributed by atoms with van der Waals surface area (Å²) >= 11 is 1.75. The standard InChI is InChI=1S/C17H19N3S/c1-2-20(12-14-8-4-3-7-13(14)11-18)17-19-15-9-5-6-10-16(15)21-17/h3-10H,2,11-12,18H2,1H3. The summed E-state index contributed by atoms with van der Waals surface area (Å²) in [7, 11) is 0. The van der Waals surface area contributed by atoms with E-state index in [1.807, 2.05) is 12.1 Å². The Balaban J connectivity index is 1.91. The Bertz CT molecular complexity index is 702. The number of para-hydroxylation sites is 1. The van der Waals surface area contributed by atoms with Crippen molar-refractivity contribution in [3.63, 3.8) is 0 Å². The molecule has 0 aliphatic rings. The van der Waals surface area contributed by atoms with Crippen molar-refractivity contribution in [1.82, 2.24) is 4.98 Å². The van der Waals surface area contributed by atoms with Crippen LogP contribution in [0.1, 0.15) is 18.1 Å². The Morgan fingerprint density at radius 3 is 2.48 bits per heavy atom. The van der Waals surface area contributed by atoms with E-state index in [4.69, 9.17) is 10.7 Å². The summed E-state index contributed by atoms with van der Waals surface area (Å²) in [6.07, 6.45) is 0. The topological polar surface area (TPSA) is 42.1 Å². The van der Waals surface area contributed by atoms with Crippen LogP contribution in [0.4, 0.5) is 5.13 Å². The summed E-state index contributed by atoms with van der Waals surface area (Å²) in [5.74, 6) is 0. The molecule has 0 aliphatic carbocycles. The summed E-state index contributed by atoms with van der Waals surface area (Å²) in [6, 6.07) is 16.6. The zero-order valence-electron chi connectivity index (χ0n) is 12.1. The van der Waals surface area contributed by atoms with Gasteiger partial charge in [-0.3, -0.25) is 0 Å². The highest BCUT2D eigenvalue weighted by atomic mass is 32.1. The number of fused-ring (bicyclic) bond motifs is 1. The lowest BCUT2D eigenvalue weighted by Crippen LogP contribution is -2.22. The monoisotopic (exact) mass is 297 g/mol. The molecule has 2 aromatic carbocycles. The first-order valence-corrected chi connectivity index (χ1v) is 8.01. The molecule has 0 bridgehead atoms. The zero-order chi connectivity index (χ0) is 14.7. The first-order valence-electron chi connectivity index (χ1n) is 7.19. The van der Waals surface area contributed by atoms with Crippen molar-refractivity contribution in [2.24, 2.45) is 5.73 Å². The van der Waals surface area contributed by atoms with Gasteiger partial charge in [-0.2, -0.15) is 0 Å². The Labute approximate surface area is 129 Å². The third kappa shape index (κ3) is 2.91. The van der Waals surface area contributed by atoms with E-state index in [1.165, 1.54) is 15.8 Å². The molecular weight excluding hydrogens is 278 g/mol. The van der Waals surface area contributed by atoms with Gasteiger partial charge in [-0.05, 0) is 30.2 Å². The summed E-state index contributed by atoms with van der Waals surface area (Å²) in [5, 5.41) is 1.07. The van der Waals surface area contributed by atoms with Crippen LogP contribution in [0.25, 0.3) is 10.2 Å². The zero-order valence-corrected chi connectivity index (χ0v) is 12.9. The number of anilines is 1. The molecule has 0 atom stereocenters. The fourth-order valence-electron chi connectivity index (χ4n) is 2.43. The SMILES string of the molecule is CCN(Cc1ccccc1CN)c1nc2ccccc2s1. The average molecular weight is 297 g/mol. The van der Waals surface area contributed by atoms with E-state index in [-0.39, 0.29) is 0 Å². The summed E-state index contributed by atoms with van der Waals surface area (Å²) in [5.41, 5.74) is 9.39. The van der Waals surface area contributed by atoms with Crippen LogP contribution >= 0.6 is 11.3 Å². The molecule has 0 saturated heterocycles. The summed E-state index contributed by atoms with van der Waals surface area (Å²) in [4.78, 5) is 7.05. The molecule has 1 heterocycles. The van der Waals surface area contributed by atoms with Crippen LogP contribution in [0.2, 0.25) is 0 Å². The van der Waals surface area contributed by atoms with Gasteiger partial charge in [0.25, 0.3) is 0 Å². The molecule has 3 rings (SSSR count). The van der Waals surface area contributed by atoms with Crippen molar-refractivity contribution in [2.45, 2.75) is 20.0 Å². The van der Waals surface area contributed by atoms with Crippen LogP contribution in [0.5, 0.6) is 0 Å². The van der Waals surface area contributed by atoms with Crippen LogP contribution < -0.4 is 10.6 Å². The van der Waals surface area contributed by atoms with Crippen LogP contribution in [-0.4, -0.2) is 11.5 Å². The highest BCUT2D eigenvalue weighted by Gasteiger charge is 2.12. The van der Waals surface area contributed by atoms with E-state index in [2.05, 4.69) is 48.2 Å². The Morgan fingerprint density at radius 2 is 1.76 bits per heavy atom. The third-order valence-corrected chi connectivity index (χ3v) is 4.73. The summed E-state index contributed by atoms with van der Waals surface area (Å²) < 4.78 is 1.23. The first-order chi connectivity index (χ1) is 10.3. The van der Waals surface area contributed by atoms with Crippen molar-refractivity contribution >= 4 is 26.7 Å². The van der Waals surface area contributed by atoms with E-state index < -0.39 is 0 Å². The highest BCUT2D eigenvalue weighted by Crippen LogP contribution is 2.29. The van der Waals surface area contributed by atoms with Crippen LogP contribution in [-0.2, 0) is 13.1 Å². The molecule has 1 aromatic heterocycles. The second-order valence-electron chi connectivity index (χ2n) is 4.95. The molecular formula is C17H19N3S. The van der Waals surface area contributed by atoms with Gasteiger partial charge in [-0.1, -0.05) is 47.7 Å². The van der Waals surface area contributed by atoms with Crippen molar-refractivity contribution in [3.05, 3.63) is 59.7 Å². The molecule has 2 N–H and O–H groups in total. The smallest absolute Gasteiger partial charge is 0.186 e. The Morgan fingerprint density at radius 1 is 1.05 bits per heavy atom. The molecule has 3 nitrogen and oxygen atoms in total. The highest BCUT2D eigenvalue weighted by molar-refractivity contribution is 7.22. The van der Waals surface area contributed by atoms with Gasteiger partial charge in [0, 0.05) is 19.6 Å². The van der Waals surface area contributed by atoms with Crippen molar-refractivity contribution < 1.29 is 0 Å². The van der Waals surface area contributed by atoms with Gasteiger partial charge in [0.15, 0.2) is 5.13 Å². The average Bonchev–Trinajstić information content (AvgIpc) is 2.96. The molecule has 3 aromatic rings. The maximum absolute atomic E-state index is 5.84. The minimum atomic E-state index is 0.577. The lowest BCUT2D eigenvalue weighted by Gasteiger charge is -2.21. The Kier molecular flexibility index (Phi) is 4.18. The fourth-order valence-corrected chi connectivity index (χ4v) is 3.45. The number of benzene rings is 2. The van der Waals surface area contributed by atoms with Gasteiger partial charge in [0.05, 0.1) is 10.2 Å². The molecule has 0 aliphatic heterocycles. The molecule has 4 heteroatoms. The molecule has 108 valence electrons. The number of aromatic nitrogens is 1. The van der Waals surface area contributed by atoms with E-state index in [0.29, 0.717) is 6.54 Å². The van der Waals surface area contributed by atoms with Crippen LogP contribution in [0, 0.1) is 0 Å². The van der Waals surface area contributed by atoms with Crippen molar-refractivity contribution in [3.8, 4) is 0 Å². The van der Waals surface area contributed by atoms with Gasteiger partial charge in [0.1, 0.15) is 0 Å². The molecule has 0 amide bonds. The van der Waals surface area contributed by atoms with E-state index in [0.717, 1.165) is 23.7 Å². The van der Waals surface area contributed by atoms with E-state index in [1.54, 1.807) is 11.3 Å². The second kappa shape index (κ2) is 6.24. The third-order valence-electron chi connectivity index (χ3n) is 3.63. The summed E-state index contributed by atoms with van der Waals surface area (Å²) in [6.45, 7) is 4.52. The molecule has 0 unspecified atom stereocenters. The van der Waals surface area contributed by atoms with Crippen molar-refractivity contribution in [2.75, 3.05) is 11.4 Å². The maximum atomic E-state index is 5.84. The number of nitrogens with zero attached hydrogens (tertiary/aromatic N) is 2. The van der Waals surface area contributed by atoms with E-state index >= 15 is 0 Å². The van der Waals surface area contributed by atoms with Gasteiger partial charge in [0.2, 0.25) is 0 Å². The molecule has 0 saturated carbocycles. The molecule has 0 fully saturated rings. The second-order valence-corrected chi connectivity index (χ2v) is 5.96. The number of hydrogen-bond donors (Lipinski definition) is 1. The Hall–Kier alpha value is -1.91. The van der Waals surface area contributed by atoms with E-state index in [9.17, 15) is 0 Å².